The van der Waals surface area contributed by atoms with Gasteiger partial charge in [0.05, 0.1) is 29.2 Å². The number of fused-ring (bicyclic) bond motifs is 7. The molecule has 3 heterocycles. The van der Waals surface area contributed by atoms with Crippen LogP contribution in [0, 0.1) is 0 Å². The molecule has 0 amide bonds. The van der Waals surface area contributed by atoms with Crippen molar-refractivity contribution in [3.63, 3.8) is 0 Å². The molecule has 1 aliphatic rings. The summed E-state index contributed by atoms with van der Waals surface area (Å²) in [5, 5.41) is 3.35. The Morgan fingerprint density at radius 1 is 0.729 bits per heavy atom. The number of furan rings is 1. The van der Waals surface area contributed by atoms with Crippen molar-refractivity contribution in [1.82, 2.24) is 4.57 Å². The maximum absolute atomic E-state index is 6.68. The van der Waals surface area contributed by atoms with E-state index in [1.54, 1.807) is 0 Å². The molecule has 0 fully saturated rings. The zero-order valence-electron chi connectivity index (χ0n) is 34.1. The van der Waals surface area contributed by atoms with Crippen molar-refractivity contribution < 1.29 is 4.42 Å². The monoisotopic (exact) mass is 768 g/mol. The molecule has 0 bridgehead atoms. The lowest BCUT2D eigenvalue weighted by atomic mass is 9.93. The molecular weight excluding hydrogens is 721 g/mol. The lowest BCUT2D eigenvalue weighted by molar-refractivity contribution is 0.669. The Morgan fingerprint density at radius 3 is 2.20 bits per heavy atom. The maximum Gasteiger partial charge on any atom is 0.136 e. The van der Waals surface area contributed by atoms with Crippen LogP contribution in [0.5, 0.6) is 0 Å². The van der Waals surface area contributed by atoms with Crippen molar-refractivity contribution in [1.29, 1.82) is 0 Å². The van der Waals surface area contributed by atoms with Gasteiger partial charge in [0.1, 0.15) is 11.2 Å². The van der Waals surface area contributed by atoms with Crippen molar-refractivity contribution in [2.45, 2.75) is 34.2 Å². The Labute approximate surface area is 346 Å². The van der Waals surface area contributed by atoms with Gasteiger partial charge in [-0.05, 0) is 91.2 Å². The Hall–Kier alpha value is -7.37. The highest BCUT2D eigenvalue weighted by Gasteiger charge is 2.24. The van der Waals surface area contributed by atoms with E-state index in [-0.39, 0.29) is 0 Å². The standard InChI is InChI=1S/C52H42N4O.C2H6/c1-4-15-39(5-2)56-48-22-13-10-20-44(48)52-35(3)41-18-9-12-21-47(41)55(31-30-49(52)56)40-27-24-36(25-28-40)34-54-46(33-45(53)37-16-7-6-8-17-37)38-26-29-43-42-19-11-14-23-50(42)57-51(43)32-38;1-2/h4-33H,3,34,53H2,1-2H3;1-2H3/b15-4-,31-30-,39-5+,45-33-,54-46?;. The third kappa shape index (κ3) is 7.35. The number of aliphatic imine (C=N–C) groups is 1. The molecule has 0 spiro atoms. The van der Waals surface area contributed by atoms with Crippen LogP contribution in [0.25, 0.3) is 55.9 Å². The number of hydrogen-bond donors (Lipinski definition) is 1. The third-order valence-electron chi connectivity index (χ3n) is 10.7. The zero-order valence-corrected chi connectivity index (χ0v) is 34.1. The maximum atomic E-state index is 6.68. The van der Waals surface area contributed by atoms with E-state index < -0.39 is 0 Å². The van der Waals surface area contributed by atoms with E-state index in [0.29, 0.717) is 12.2 Å². The molecule has 9 rings (SSSR count). The lowest BCUT2D eigenvalue weighted by Crippen LogP contribution is -2.13. The number of nitrogens with zero attached hydrogens (tertiary/aromatic N) is 3. The number of para-hydroxylation sites is 3. The fraction of sp³-hybridized carbons (Fsp3) is 0.0926. The summed E-state index contributed by atoms with van der Waals surface area (Å²) in [6.07, 6.45) is 12.8. The van der Waals surface area contributed by atoms with E-state index in [1.165, 1.54) is 5.39 Å². The fourth-order valence-electron chi connectivity index (χ4n) is 7.91. The normalized spacial score (nSPS) is 13.9. The molecule has 0 radical (unpaired) electrons. The van der Waals surface area contributed by atoms with Gasteiger partial charge in [-0.3, -0.25) is 4.99 Å². The van der Waals surface area contributed by atoms with Gasteiger partial charge in [0.25, 0.3) is 0 Å². The average Bonchev–Trinajstić information content (AvgIpc) is 3.82. The first-order valence-corrected chi connectivity index (χ1v) is 20.3. The second-order valence-electron chi connectivity index (χ2n) is 14.2. The van der Waals surface area contributed by atoms with Crippen molar-refractivity contribution in [3.8, 4) is 0 Å². The molecule has 5 nitrogen and oxygen atoms in total. The zero-order chi connectivity index (χ0) is 40.9. The average molecular weight is 769 g/mol. The lowest BCUT2D eigenvalue weighted by Gasteiger charge is -2.27. The molecular formula is C54H48N4O. The number of rotatable bonds is 8. The number of aromatic nitrogens is 1. The summed E-state index contributed by atoms with van der Waals surface area (Å²) in [4.78, 5) is 7.42. The van der Waals surface area contributed by atoms with Crippen LogP contribution in [-0.4, -0.2) is 10.3 Å². The highest BCUT2D eigenvalue weighted by molar-refractivity contribution is 6.15. The van der Waals surface area contributed by atoms with Gasteiger partial charge in [0, 0.05) is 56.1 Å². The summed E-state index contributed by atoms with van der Waals surface area (Å²) in [5.41, 5.74) is 21.4. The molecule has 2 aromatic heterocycles. The summed E-state index contributed by atoms with van der Waals surface area (Å²) < 4.78 is 8.59. The Bertz CT molecular complexity index is 2970. The van der Waals surface area contributed by atoms with Gasteiger partial charge in [0.15, 0.2) is 0 Å². The topological polar surface area (TPSA) is 59.7 Å². The summed E-state index contributed by atoms with van der Waals surface area (Å²) in [5.74, 6) is 0. The molecule has 5 heteroatoms. The van der Waals surface area contributed by atoms with Gasteiger partial charge in [0.2, 0.25) is 0 Å². The number of benzene rings is 6. The van der Waals surface area contributed by atoms with Crippen LogP contribution >= 0.6 is 0 Å². The summed E-state index contributed by atoms with van der Waals surface area (Å²) in [6.45, 7) is 13.3. The van der Waals surface area contributed by atoms with Gasteiger partial charge in [-0.1, -0.05) is 136 Å². The molecule has 59 heavy (non-hydrogen) atoms. The van der Waals surface area contributed by atoms with E-state index >= 15 is 0 Å². The third-order valence-corrected chi connectivity index (χ3v) is 10.7. The highest BCUT2D eigenvalue weighted by atomic mass is 16.3. The van der Waals surface area contributed by atoms with Gasteiger partial charge < -0.3 is 19.6 Å². The molecule has 2 N–H and O–H groups in total. The van der Waals surface area contributed by atoms with Crippen LogP contribution < -0.4 is 10.6 Å². The van der Waals surface area contributed by atoms with E-state index in [9.17, 15) is 0 Å². The van der Waals surface area contributed by atoms with Crippen LogP contribution in [0.1, 0.15) is 61.2 Å². The van der Waals surface area contributed by atoms with Crippen molar-refractivity contribution in [3.05, 3.63) is 216 Å². The number of allylic oxidation sites excluding steroid dienone is 5. The molecule has 0 saturated heterocycles. The molecule has 0 saturated carbocycles. The Morgan fingerprint density at radius 2 is 1.42 bits per heavy atom. The van der Waals surface area contributed by atoms with Gasteiger partial charge in [-0.15, -0.1) is 0 Å². The highest BCUT2D eigenvalue weighted by Crippen LogP contribution is 2.43. The first-order valence-electron chi connectivity index (χ1n) is 20.3. The van der Waals surface area contributed by atoms with Gasteiger partial charge >= 0.3 is 0 Å². The van der Waals surface area contributed by atoms with Crippen molar-refractivity contribution in [2.24, 2.45) is 10.7 Å². The number of anilines is 2. The smallest absolute Gasteiger partial charge is 0.136 e. The second kappa shape index (κ2) is 17.0. The minimum atomic E-state index is 0.468. The van der Waals surface area contributed by atoms with E-state index in [4.69, 9.17) is 21.7 Å². The summed E-state index contributed by atoms with van der Waals surface area (Å²) >= 11 is 0. The molecule has 0 unspecified atom stereocenters. The van der Waals surface area contributed by atoms with Crippen molar-refractivity contribution in [2.75, 3.05) is 4.90 Å². The predicted molar refractivity (Wildman–Crippen MR) is 253 cm³/mol. The fourth-order valence-corrected chi connectivity index (χ4v) is 7.91. The quantitative estimate of drug-likeness (QED) is 0.124. The minimum Gasteiger partial charge on any atom is -0.456 e. The molecule has 1 aliphatic heterocycles. The molecule has 0 aliphatic carbocycles. The Balaban J connectivity index is 0.00000238. The van der Waals surface area contributed by atoms with Crippen LogP contribution in [0.2, 0.25) is 0 Å². The molecule has 290 valence electrons. The number of hydrogen-bond acceptors (Lipinski definition) is 4. The SMILES string of the molecule is C=C1c2ccccc2N(c2ccc(CN=C(/C=C(\N)c3ccccc3)c3ccc4c(c3)oc3ccccc34)cc2)/C=C\c2c1c1ccccc1n2C(/C=C\C)=C/C.CC. The van der Waals surface area contributed by atoms with Gasteiger partial charge in [-0.2, -0.15) is 0 Å². The van der Waals surface area contributed by atoms with E-state index in [1.807, 2.05) is 68.5 Å². The largest absolute Gasteiger partial charge is 0.456 e. The van der Waals surface area contributed by atoms with Crippen LogP contribution in [0.4, 0.5) is 11.4 Å². The molecule has 6 aromatic carbocycles. The number of nitrogens with two attached hydrogens (primary N) is 1. The summed E-state index contributed by atoms with van der Waals surface area (Å²) in [6, 6.07) is 50.1. The first kappa shape index (κ1) is 38.5. The first-order chi connectivity index (χ1) is 29.0. The Kier molecular flexibility index (Phi) is 11.1. The van der Waals surface area contributed by atoms with Crippen LogP contribution in [-0.2, 0) is 6.54 Å². The van der Waals surface area contributed by atoms with Crippen LogP contribution in [0.15, 0.2) is 192 Å². The van der Waals surface area contributed by atoms with Crippen LogP contribution in [0.3, 0.4) is 0 Å². The van der Waals surface area contributed by atoms with Gasteiger partial charge in [-0.25, -0.2) is 0 Å². The van der Waals surface area contributed by atoms with E-state index in [0.717, 1.165) is 89.3 Å². The van der Waals surface area contributed by atoms with Crippen molar-refractivity contribution >= 4 is 73.0 Å². The molecule has 0 atom stereocenters. The minimum absolute atomic E-state index is 0.468. The summed E-state index contributed by atoms with van der Waals surface area (Å²) in [7, 11) is 0. The van der Waals surface area contributed by atoms with E-state index in [2.05, 4.69) is 151 Å². The molecule has 8 aromatic rings. The second-order valence-corrected chi connectivity index (χ2v) is 14.2. The predicted octanol–water partition coefficient (Wildman–Crippen LogP) is 14.2.